The summed E-state index contributed by atoms with van der Waals surface area (Å²) in [6.45, 7) is 0. The molecule has 0 fully saturated rings. The number of aromatic amines is 1. The highest BCUT2D eigenvalue weighted by Gasteiger charge is 2.18. The Morgan fingerprint density at radius 1 is 0.920 bits per heavy atom. The molecule has 3 heterocycles. The minimum absolute atomic E-state index is 1.00. The van der Waals surface area contributed by atoms with E-state index in [1.165, 1.54) is 64.1 Å². The number of aromatic nitrogens is 2. The van der Waals surface area contributed by atoms with Crippen LogP contribution in [0, 0.1) is 0 Å². The van der Waals surface area contributed by atoms with Crippen molar-refractivity contribution in [1.82, 2.24) is 10.4 Å². The normalized spacial score (nSPS) is 13.9. The number of fused-ring (bicyclic) bond motifs is 6. The lowest BCUT2D eigenvalue weighted by Crippen LogP contribution is -2.24. The zero-order valence-corrected chi connectivity index (χ0v) is 13.7. The van der Waals surface area contributed by atoms with Crippen LogP contribution in [-0.4, -0.2) is 26.0 Å². The summed E-state index contributed by atoms with van der Waals surface area (Å²) >= 11 is 0. The number of benzene rings is 1. The molecule has 0 amide bonds. The Kier molecular flexibility index (Phi) is 4.10. The van der Waals surface area contributed by atoms with Crippen LogP contribution in [0.25, 0.3) is 27.3 Å². The lowest BCUT2D eigenvalue weighted by Gasteiger charge is -2.13. The number of hydrogen-bond donors (Lipinski definition) is 4. The highest BCUT2D eigenvalue weighted by atomic mass is 17.0. The maximum Gasteiger partial charge on any atom is 0.235 e. The minimum atomic E-state index is -1.00. The van der Waals surface area contributed by atoms with Gasteiger partial charge in [-0.3, -0.25) is 15.6 Å². The molecular formula is C19H20N3O3+. The largest absolute Gasteiger partial charge is 0.349 e. The van der Waals surface area contributed by atoms with E-state index in [1.54, 1.807) is 0 Å². The van der Waals surface area contributed by atoms with Crippen LogP contribution in [-0.2, 0) is 12.8 Å². The number of pyridine rings is 2. The molecule has 0 radical (unpaired) electrons. The molecule has 0 aliphatic heterocycles. The van der Waals surface area contributed by atoms with E-state index in [2.05, 4.69) is 58.2 Å². The van der Waals surface area contributed by atoms with Crippen LogP contribution in [0.5, 0.6) is 0 Å². The van der Waals surface area contributed by atoms with Gasteiger partial charge in [-0.05, 0) is 37.3 Å². The predicted molar refractivity (Wildman–Crippen MR) is 92.8 cm³/mol. The van der Waals surface area contributed by atoms with E-state index in [0.717, 1.165) is 0 Å². The molecule has 0 atom stereocenters. The fraction of sp³-hybridized carbons (Fsp3) is 0.211. The molecule has 1 aromatic carbocycles. The third-order valence-corrected chi connectivity index (χ3v) is 4.84. The Bertz CT molecular complexity index is 1050. The van der Waals surface area contributed by atoms with Gasteiger partial charge in [-0.2, -0.15) is 4.40 Å². The van der Waals surface area contributed by atoms with Gasteiger partial charge >= 0.3 is 0 Å². The van der Waals surface area contributed by atoms with E-state index < -0.39 is 5.39 Å². The molecule has 5 rings (SSSR count). The summed E-state index contributed by atoms with van der Waals surface area (Å²) < 4.78 is 2.28. The Morgan fingerprint density at radius 3 is 2.44 bits per heavy atom. The van der Waals surface area contributed by atoms with Crippen molar-refractivity contribution in [2.45, 2.75) is 25.7 Å². The molecule has 4 aromatic rings. The number of hydrogen-bond acceptors (Lipinski definition) is 4. The van der Waals surface area contributed by atoms with Crippen molar-refractivity contribution in [2.24, 2.45) is 0 Å². The lowest BCUT2D eigenvalue weighted by atomic mass is 9.93. The number of aryl methyl sites for hydroxylation is 2. The van der Waals surface area contributed by atoms with Crippen molar-refractivity contribution in [3.8, 4) is 0 Å². The topological polar surface area (TPSA) is 83.8 Å². The van der Waals surface area contributed by atoms with Gasteiger partial charge in [0.2, 0.25) is 5.52 Å². The summed E-state index contributed by atoms with van der Waals surface area (Å²) in [5, 5.41) is 22.6. The average molecular weight is 338 g/mol. The Labute approximate surface area is 144 Å². The second-order valence-corrected chi connectivity index (χ2v) is 6.37. The van der Waals surface area contributed by atoms with E-state index in [0.29, 0.717) is 0 Å². The monoisotopic (exact) mass is 338 g/mol. The minimum Gasteiger partial charge on any atom is -0.349 e. The molecule has 0 saturated heterocycles. The summed E-state index contributed by atoms with van der Waals surface area (Å²) in [6, 6.07) is 13.2. The summed E-state index contributed by atoms with van der Waals surface area (Å²) in [7, 11) is 0. The summed E-state index contributed by atoms with van der Waals surface area (Å²) in [5.74, 6) is 0. The van der Waals surface area contributed by atoms with Crippen LogP contribution in [0.2, 0.25) is 0 Å². The summed E-state index contributed by atoms with van der Waals surface area (Å²) in [4.78, 5) is 3.61. The van der Waals surface area contributed by atoms with E-state index in [1.807, 2.05) is 0 Å². The first kappa shape index (κ1) is 16.0. The SMILES string of the molecule is ON(O)O.c1ccc2c(c1)[nH]c1c2cc[n+]2cc3c(cc12)CCCC3. The van der Waals surface area contributed by atoms with E-state index in [9.17, 15) is 0 Å². The molecule has 6 nitrogen and oxygen atoms in total. The maximum absolute atomic E-state index is 7.00. The summed E-state index contributed by atoms with van der Waals surface area (Å²) in [6.07, 6.45) is 9.63. The second kappa shape index (κ2) is 6.42. The van der Waals surface area contributed by atoms with Crippen molar-refractivity contribution in [1.29, 1.82) is 0 Å². The number of rotatable bonds is 0. The van der Waals surface area contributed by atoms with Gasteiger partial charge in [0.1, 0.15) is 5.52 Å². The molecule has 0 saturated carbocycles. The highest BCUT2D eigenvalue weighted by Crippen LogP contribution is 2.28. The Balaban J connectivity index is 0.000000358. The fourth-order valence-corrected chi connectivity index (χ4v) is 3.76. The van der Waals surface area contributed by atoms with Gasteiger partial charge in [0.15, 0.2) is 12.4 Å². The zero-order valence-electron chi connectivity index (χ0n) is 13.7. The van der Waals surface area contributed by atoms with Gasteiger partial charge in [0.25, 0.3) is 0 Å². The predicted octanol–water partition coefficient (Wildman–Crippen LogP) is 3.39. The van der Waals surface area contributed by atoms with Crippen molar-refractivity contribution in [3.63, 3.8) is 0 Å². The van der Waals surface area contributed by atoms with Crippen LogP contribution >= 0.6 is 0 Å². The van der Waals surface area contributed by atoms with Crippen LogP contribution in [0.4, 0.5) is 0 Å². The number of para-hydroxylation sites is 1. The van der Waals surface area contributed by atoms with Crippen LogP contribution in [0.3, 0.4) is 0 Å². The molecule has 3 aromatic heterocycles. The molecule has 0 spiro atoms. The molecule has 4 N–H and O–H groups in total. The second-order valence-electron chi connectivity index (χ2n) is 6.37. The maximum atomic E-state index is 7.00. The molecule has 25 heavy (non-hydrogen) atoms. The van der Waals surface area contributed by atoms with Gasteiger partial charge in [-0.25, -0.2) is 0 Å². The standard InChI is InChI=1S/C19H16N2.H3NO3/c1-2-6-14-12-21-10-9-16-15-7-3-4-8-17(15)20-19(16)18(21)11-13(14)5-1;2-1(3)4/h3-4,7-12H,1-2,5-6H2;2-4H/p+1. The molecule has 1 aliphatic rings. The third-order valence-electron chi connectivity index (χ3n) is 4.84. The van der Waals surface area contributed by atoms with Gasteiger partial charge < -0.3 is 4.98 Å². The highest BCUT2D eigenvalue weighted by molar-refractivity contribution is 6.10. The quantitative estimate of drug-likeness (QED) is 0.292. The fourth-order valence-electron chi connectivity index (χ4n) is 3.76. The Morgan fingerprint density at radius 2 is 1.64 bits per heavy atom. The van der Waals surface area contributed by atoms with E-state index in [-0.39, 0.29) is 0 Å². The Hall–Kier alpha value is -2.51. The zero-order chi connectivity index (χ0) is 17.4. The van der Waals surface area contributed by atoms with Crippen LogP contribution in [0.1, 0.15) is 24.0 Å². The lowest BCUT2D eigenvalue weighted by molar-refractivity contribution is -0.511. The molecular weight excluding hydrogens is 318 g/mol. The number of nitrogens with zero attached hydrogens (tertiary/aromatic N) is 2. The molecule has 6 heteroatoms. The molecule has 128 valence electrons. The van der Waals surface area contributed by atoms with Crippen molar-refractivity contribution >= 4 is 27.3 Å². The van der Waals surface area contributed by atoms with Crippen molar-refractivity contribution in [3.05, 3.63) is 59.9 Å². The average Bonchev–Trinajstić information content (AvgIpc) is 2.99. The molecule has 0 unspecified atom stereocenters. The first-order chi connectivity index (χ1) is 12.1. The number of H-pyrrole nitrogens is 1. The summed E-state index contributed by atoms with van der Waals surface area (Å²) in [5.41, 5.74) is 6.83. The first-order valence-corrected chi connectivity index (χ1v) is 8.36. The van der Waals surface area contributed by atoms with Gasteiger partial charge in [-0.1, -0.05) is 18.2 Å². The smallest absolute Gasteiger partial charge is 0.235 e. The van der Waals surface area contributed by atoms with Crippen LogP contribution in [0.15, 0.2) is 48.8 Å². The van der Waals surface area contributed by atoms with Gasteiger partial charge in [0.05, 0.1) is 5.39 Å². The van der Waals surface area contributed by atoms with E-state index >= 15 is 0 Å². The number of nitrogens with one attached hydrogen (secondary N) is 1. The van der Waals surface area contributed by atoms with Crippen molar-refractivity contribution < 1.29 is 20.0 Å². The van der Waals surface area contributed by atoms with E-state index in [4.69, 9.17) is 15.6 Å². The molecule has 1 aliphatic carbocycles. The van der Waals surface area contributed by atoms with Crippen molar-refractivity contribution in [2.75, 3.05) is 0 Å². The third kappa shape index (κ3) is 2.96. The van der Waals surface area contributed by atoms with Crippen LogP contribution < -0.4 is 4.40 Å². The first-order valence-electron chi connectivity index (χ1n) is 8.36. The van der Waals surface area contributed by atoms with Gasteiger partial charge in [-0.15, -0.1) is 0 Å². The van der Waals surface area contributed by atoms with Gasteiger partial charge in [0, 0.05) is 34.0 Å². The molecule has 0 bridgehead atoms.